The van der Waals surface area contributed by atoms with Crippen molar-refractivity contribution in [3.63, 3.8) is 0 Å². The number of carbonyl (C=O) groups is 1. The smallest absolute Gasteiger partial charge is 0.241 e. The van der Waals surface area contributed by atoms with E-state index in [4.69, 9.17) is 0 Å². The van der Waals surface area contributed by atoms with E-state index < -0.39 is 16.1 Å². The Morgan fingerprint density at radius 2 is 1.79 bits per heavy atom. The first kappa shape index (κ1) is 18.4. The molecule has 2 aromatic rings. The molecule has 130 valence electrons. The second-order valence-electron chi connectivity index (χ2n) is 5.85. The zero-order chi connectivity index (χ0) is 17.6. The summed E-state index contributed by atoms with van der Waals surface area (Å²) >= 11 is 0. The summed E-state index contributed by atoms with van der Waals surface area (Å²) in [6.07, 6.45) is 3.00. The molecular weight excluding hydrogens is 324 g/mol. The number of amides is 1. The highest BCUT2D eigenvalue weighted by atomic mass is 32.2. The van der Waals surface area contributed by atoms with Gasteiger partial charge in [0.15, 0.2) is 0 Å². The van der Waals surface area contributed by atoms with Crippen LogP contribution in [0.3, 0.4) is 0 Å². The lowest BCUT2D eigenvalue weighted by Gasteiger charge is -2.14. The Morgan fingerprint density at radius 1 is 1.08 bits per heavy atom. The molecule has 0 saturated carbocycles. The van der Waals surface area contributed by atoms with E-state index in [-0.39, 0.29) is 10.8 Å². The predicted octanol–water partition coefficient (Wildman–Crippen LogP) is 2.81. The molecule has 0 fully saturated rings. The predicted molar refractivity (Wildman–Crippen MR) is 96.3 cm³/mol. The molecule has 1 atom stereocenters. The quantitative estimate of drug-likeness (QED) is 0.720. The molecule has 0 spiro atoms. The van der Waals surface area contributed by atoms with Gasteiger partial charge in [-0.2, -0.15) is 4.72 Å². The third kappa shape index (κ3) is 4.79. The Balaban J connectivity index is 2.04. The maximum Gasteiger partial charge on any atom is 0.241 e. The number of fused-ring (bicyclic) bond motifs is 1. The zero-order valence-corrected chi connectivity index (χ0v) is 14.9. The molecule has 0 aromatic heterocycles. The Morgan fingerprint density at radius 3 is 2.50 bits per heavy atom. The molecule has 2 rings (SSSR count). The van der Waals surface area contributed by atoms with E-state index in [9.17, 15) is 13.2 Å². The third-order valence-electron chi connectivity index (χ3n) is 3.84. The standard InChI is InChI=1S/C18H24N2O3S/c1-3-4-7-12-19-18(21)14(2)20-24(22,23)17-11-10-15-8-5-6-9-16(15)13-17/h5-6,8-11,13-14,20H,3-4,7,12H2,1-2H3,(H,19,21)/t14-/m0/s1. The van der Waals surface area contributed by atoms with E-state index in [1.807, 2.05) is 24.3 Å². The van der Waals surface area contributed by atoms with Crippen LogP contribution in [-0.4, -0.2) is 26.9 Å². The van der Waals surface area contributed by atoms with Gasteiger partial charge < -0.3 is 5.32 Å². The van der Waals surface area contributed by atoms with E-state index >= 15 is 0 Å². The lowest BCUT2D eigenvalue weighted by molar-refractivity contribution is -0.122. The minimum Gasteiger partial charge on any atom is -0.355 e. The summed E-state index contributed by atoms with van der Waals surface area (Å²) in [7, 11) is -3.74. The second kappa shape index (κ2) is 8.26. The first-order valence-electron chi connectivity index (χ1n) is 8.23. The molecule has 0 radical (unpaired) electrons. The van der Waals surface area contributed by atoms with Crippen molar-refractivity contribution in [3.05, 3.63) is 42.5 Å². The van der Waals surface area contributed by atoms with Crippen LogP contribution in [0.4, 0.5) is 0 Å². The van der Waals surface area contributed by atoms with Crippen molar-refractivity contribution in [2.45, 2.75) is 44.0 Å². The van der Waals surface area contributed by atoms with Gasteiger partial charge in [0.2, 0.25) is 15.9 Å². The van der Waals surface area contributed by atoms with Crippen molar-refractivity contribution >= 4 is 26.7 Å². The highest BCUT2D eigenvalue weighted by Gasteiger charge is 2.21. The molecule has 0 aliphatic heterocycles. The summed E-state index contributed by atoms with van der Waals surface area (Å²) < 4.78 is 27.4. The van der Waals surface area contributed by atoms with Gasteiger partial charge in [-0.3, -0.25) is 4.79 Å². The molecule has 24 heavy (non-hydrogen) atoms. The number of sulfonamides is 1. The molecule has 2 aromatic carbocycles. The first-order chi connectivity index (χ1) is 11.4. The Bertz CT molecular complexity index is 803. The molecule has 0 saturated heterocycles. The monoisotopic (exact) mass is 348 g/mol. The van der Waals surface area contributed by atoms with Crippen LogP contribution in [0.25, 0.3) is 10.8 Å². The van der Waals surface area contributed by atoms with Crippen molar-refractivity contribution < 1.29 is 13.2 Å². The van der Waals surface area contributed by atoms with E-state index in [2.05, 4.69) is 17.0 Å². The summed E-state index contributed by atoms with van der Waals surface area (Å²) in [4.78, 5) is 12.1. The van der Waals surface area contributed by atoms with Crippen molar-refractivity contribution in [1.82, 2.24) is 10.0 Å². The van der Waals surface area contributed by atoms with Crippen LogP contribution in [0.1, 0.15) is 33.1 Å². The van der Waals surface area contributed by atoms with Crippen LogP contribution < -0.4 is 10.0 Å². The normalized spacial score (nSPS) is 12.9. The average Bonchev–Trinajstić information content (AvgIpc) is 2.57. The van der Waals surface area contributed by atoms with Gasteiger partial charge in [-0.05, 0) is 36.2 Å². The second-order valence-corrected chi connectivity index (χ2v) is 7.56. The highest BCUT2D eigenvalue weighted by Crippen LogP contribution is 2.19. The maximum atomic E-state index is 12.5. The SMILES string of the molecule is CCCCCNC(=O)[C@H](C)NS(=O)(=O)c1ccc2ccccc2c1. The molecular formula is C18H24N2O3S. The molecule has 0 heterocycles. The van der Waals surface area contributed by atoms with Gasteiger partial charge in [0.1, 0.15) is 0 Å². The summed E-state index contributed by atoms with van der Waals surface area (Å²) in [6.45, 7) is 4.20. The summed E-state index contributed by atoms with van der Waals surface area (Å²) in [6, 6.07) is 11.7. The van der Waals surface area contributed by atoms with Crippen LogP contribution in [0.2, 0.25) is 0 Å². The van der Waals surface area contributed by atoms with E-state index in [0.29, 0.717) is 6.54 Å². The van der Waals surface area contributed by atoms with Gasteiger partial charge in [-0.25, -0.2) is 8.42 Å². The fraction of sp³-hybridized carbons (Fsp3) is 0.389. The molecule has 0 bridgehead atoms. The van der Waals surface area contributed by atoms with Crippen molar-refractivity contribution in [2.24, 2.45) is 0 Å². The summed E-state index contributed by atoms with van der Waals surface area (Å²) in [5, 5.41) is 4.57. The average molecular weight is 348 g/mol. The molecule has 6 heteroatoms. The van der Waals surface area contributed by atoms with Gasteiger partial charge in [0.05, 0.1) is 10.9 Å². The fourth-order valence-electron chi connectivity index (χ4n) is 2.43. The molecule has 1 amide bonds. The molecule has 0 aliphatic rings. The largest absolute Gasteiger partial charge is 0.355 e. The van der Waals surface area contributed by atoms with Gasteiger partial charge in [0, 0.05) is 6.54 Å². The number of carbonyl (C=O) groups excluding carboxylic acids is 1. The number of hydrogen-bond donors (Lipinski definition) is 2. The van der Waals surface area contributed by atoms with Crippen LogP contribution in [-0.2, 0) is 14.8 Å². The van der Waals surface area contributed by atoms with E-state index in [1.165, 1.54) is 0 Å². The Labute approximate surface area is 143 Å². The number of hydrogen-bond acceptors (Lipinski definition) is 3. The summed E-state index contributed by atoms with van der Waals surface area (Å²) in [5.41, 5.74) is 0. The van der Waals surface area contributed by atoms with Gasteiger partial charge >= 0.3 is 0 Å². The van der Waals surface area contributed by atoms with Crippen molar-refractivity contribution in [2.75, 3.05) is 6.54 Å². The highest BCUT2D eigenvalue weighted by molar-refractivity contribution is 7.89. The van der Waals surface area contributed by atoms with E-state index in [0.717, 1.165) is 30.0 Å². The minimum absolute atomic E-state index is 0.159. The number of rotatable bonds is 8. The van der Waals surface area contributed by atoms with Crippen LogP contribution in [0.5, 0.6) is 0 Å². The first-order valence-corrected chi connectivity index (χ1v) is 9.71. The van der Waals surface area contributed by atoms with E-state index in [1.54, 1.807) is 25.1 Å². The Hall–Kier alpha value is -1.92. The number of nitrogens with one attached hydrogen (secondary N) is 2. The Kier molecular flexibility index (Phi) is 6.34. The van der Waals surface area contributed by atoms with Crippen molar-refractivity contribution in [1.29, 1.82) is 0 Å². The van der Waals surface area contributed by atoms with Gasteiger partial charge in [0.25, 0.3) is 0 Å². The molecule has 0 aliphatic carbocycles. The molecule has 5 nitrogen and oxygen atoms in total. The lowest BCUT2D eigenvalue weighted by atomic mass is 10.1. The third-order valence-corrected chi connectivity index (χ3v) is 5.37. The topological polar surface area (TPSA) is 75.3 Å². The zero-order valence-electron chi connectivity index (χ0n) is 14.1. The maximum absolute atomic E-state index is 12.5. The van der Waals surface area contributed by atoms with Crippen LogP contribution in [0, 0.1) is 0 Å². The van der Waals surface area contributed by atoms with Crippen LogP contribution >= 0.6 is 0 Å². The molecule has 2 N–H and O–H groups in total. The number of unbranched alkanes of at least 4 members (excludes halogenated alkanes) is 2. The minimum atomic E-state index is -3.74. The van der Waals surface area contributed by atoms with Gasteiger partial charge in [-0.15, -0.1) is 0 Å². The summed E-state index contributed by atoms with van der Waals surface area (Å²) in [5.74, 6) is -0.310. The number of benzene rings is 2. The fourth-order valence-corrected chi connectivity index (χ4v) is 3.67. The van der Waals surface area contributed by atoms with Gasteiger partial charge in [-0.1, -0.05) is 50.1 Å². The van der Waals surface area contributed by atoms with Crippen LogP contribution in [0.15, 0.2) is 47.4 Å². The molecule has 0 unspecified atom stereocenters. The lowest BCUT2D eigenvalue weighted by Crippen LogP contribution is -2.44. The van der Waals surface area contributed by atoms with Crippen molar-refractivity contribution in [3.8, 4) is 0 Å².